The van der Waals surface area contributed by atoms with Gasteiger partial charge in [0, 0.05) is 0 Å². The smallest absolute Gasteiger partial charge is 0.387 e. The predicted molar refractivity (Wildman–Crippen MR) is 94.4 cm³/mol. The fourth-order valence-electron chi connectivity index (χ4n) is 2.74. The van der Waals surface area contributed by atoms with Crippen LogP contribution in [0.4, 0.5) is 8.78 Å². The van der Waals surface area contributed by atoms with Crippen LogP contribution in [0.25, 0.3) is 11.0 Å². The molecule has 27 heavy (non-hydrogen) atoms. The molecular formula is C18H17F2N3O4. The number of hydrogen-bond acceptors (Lipinski definition) is 4. The van der Waals surface area contributed by atoms with Crippen LogP contribution in [0.1, 0.15) is 28.9 Å². The van der Waals surface area contributed by atoms with Crippen molar-refractivity contribution in [2.75, 3.05) is 7.11 Å². The molecule has 3 N–H and O–H groups in total. The van der Waals surface area contributed by atoms with Gasteiger partial charge in [-0.3, -0.25) is 4.79 Å². The molecule has 0 aliphatic rings. The molecule has 0 radical (unpaired) electrons. The lowest BCUT2D eigenvalue weighted by Crippen LogP contribution is -2.27. The molecule has 0 bridgehead atoms. The van der Waals surface area contributed by atoms with Gasteiger partial charge in [0.2, 0.25) is 0 Å². The van der Waals surface area contributed by atoms with Crippen LogP contribution >= 0.6 is 0 Å². The topological polar surface area (TPSA) is 96.2 Å². The molecule has 0 spiro atoms. The van der Waals surface area contributed by atoms with E-state index in [-0.39, 0.29) is 22.8 Å². The molecule has 1 amide bonds. The van der Waals surface area contributed by atoms with Crippen molar-refractivity contribution < 1.29 is 23.0 Å². The lowest BCUT2D eigenvalue weighted by atomic mass is 10.1. The van der Waals surface area contributed by atoms with Crippen molar-refractivity contribution in [2.24, 2.45) is 0 Å². The largest absolute Gasteiger partial charge is 0.493 e. The van der Waals surface area contributed by atoms with E-state index in [4.69, 9.17) is 4.74 Å². The van der Waals surface area contributed by atoms with Crippen molar-refractivity contribution >= 4 is 16.9 Å². The first-order chi connectivity index (χ1) is 12.9. The number of methoxy groups -OCH3 is 1. The Hall–Kier alpha value is -3.36. The van der Waals surface area contributed by atoms with Gasteiger partial charge in [0.15, 0.2) is 11.5 Å². The Morgan fingerprint density at radius 3 is 2.59 bits per heavy atom. The van der Waals surface area contributed by atoms with Crippen molar-refractivity contribution in [1.82, 2.24) is 15.3 Å². The maximum atomic E-state index is 12.7. The maximum Gasteiger partial charge on any atom is 0.387 e. The Morgan fingerprint density at radius 2 is 1.89 bits per heavy atom. The number of halogens is 2. The third kappa shape index (κ3) is 3.91. The minimum atomic E-state index is -3.10. The molecule has 1 aromatic heterocycles. The Balaban J connectivity index is 1.86. The van der Waals surface area contributed by atoms with Crippen molar-refractivity contribution in [3.8, 4) is 11.5 Å². The zero-order valence-corrected chi connectivity index (χ0v) is 14.5. The molecule has 1 heterocycles. The summed E-state index contributed by atoms with van der Waals surface area (Å²) in [5.41, 5.74) is 1.57. The number of hydrogen-bond donors (Lipinski definition) is 3. The highest BCUT2D eigenvalue weighted by Crippen LogP contribution is 2.32. The third-order valence-corrected chi connectivity index (χ3v) is 4.04. The standard InChI is InChI=1S/C18H17F2N3O4/c1-9(10-6-7-12-13(8-10)23-18(25)22-12)21-16(24)11-4-3-5-14(26-2)15(11)27-17(19)20/h3-9,17H,1-2H3,(H,21,24)(H2,22,23,25). The highest BCUT2D eigenvalue weighted by molar-refractivity contribution is 5.98. The summed E-state index contributed by atoms with van der Waals surface area (Å²) in [7, 11) is 1.30. The maximum absolute atomic E-state index is 12.7. The van der Waals surface area contributed by atoms with E-state index in [9.17, 15) is 18.4 Å². The van der Waals surface area contributed by atoms with E-state index >= 15 is 0 Å². The first-order valence-corrected chi connectivity index (χ1v) is 8.03. The molecule has 9 heteroatoms. The molecule has 0 aliphatic carbocycles. The van der Waals surface area contributed by atoms with Gasteiger partial charge < -0.3 is 24.8 Å². The van der Waals surface area contributed by atoms with Crippen LogP contribution in [0.15, 0.2) is 41.2 Å². The highest BCUT2D eigenvalue weighted by Gasteiger charge is 2.21. The summed E-state index contributed by atoms with van der Waals surface area (Å²) in [5.74, 6) is -0.897. The summed E-state index contributed by atoms with van der Waals surface area (Å²) in [5, 5.41) is 2.73. The Morgan fingerprint density at radius 1 is 1.15 bits per heavy atom. The van der Waals surface area contributed by atoms with Gasteiger partial charge >= 0.3 is 12.3 Å². The number of carbonyl (C=O) groups excluding carboxylic acids is 1. The van der Waals surface area contributed by atoms with E-state index < -0.39 is 18.6 Å². The van der Waals surface area contributed by atoms with E-state index in [1.165, 1.54) is 25.3 Å². The summed E-state index contributed by atoms with van der Waals surface area (Å²) in [6, 6.07) is 9.03. The molecule has 0 saturated carbocycles. The molecular weight excluding hydrogens is 360 g/mol. The fourth-order valence-corrected chi connectivity index (χ4v) is 2.74. The monoisotopic (exact) mass is 377 g/mol. The summed E-state index contributed by atoms with van der Waals surface area (Å²) in [6.45, 7) is -1.37. The SMILES string of the molecule is COc1cccc(C(=O)NC(C)c2ccc3[nH]c(=O)[nH]c3c2)c1OC(F)F. The fraction of sp³-hybridized carbons (Fsp3) is 0.222. The summed E-state index contributed by atoms with van der Waals surface area (Å²) < 4.78 is 34.9. The molecule has 0 saturated heterocycles. The molecule has 1 atom stereocenters. The van der Waals surface area contributed by atoms with Gasteiger partial charge in [-0.1, -0.05) is 12.1 Å². The Labute approximate surface area is 152 Å². The van der Waals surface area contributed by atoms with E-state index in [1.54, 1.807) is 25.1 Å². The number of carbonyl (C=O) groups is 1. The van der Waals surface area contributed by atoms with Gasteiger partial charge in [-0.2, -0.15) is 8.78 Å². The van der Waals surface area contributed by atoms with Crippen molar-refractivity contribution in [1.29, 1.82) is 0 Å². The second-order valence-electron chi connectivity index (χ2n) is 5.79. The molecule has 0 fully saturated rings. The number of nitrogens with one attached hydrogen (secondary N) is 3. The summed E-state index contributed by atoms with van der Waals surface area (Å²) >= 11 is 0. The lowest BCUT2D eigenvalue weighted by molar-refractivity contribution is -0.0515. The zero-order chi connectivity index (χ0) is 19.6. The van der Waals surface area contributed by atoms with Crippen LogP contribution in [0.5, 0.6) is 11.5 Å². The van der Waals surface area contributed by atoms with Crippen LogP contribution in [0, 0.1) is 0 Å². The number of benzene rings is 2. The van der Waals surface area contributed by atoms with Crippen LogP contribution in [-0.2, 0) is 0 Å². The Kier molecular flexibility index (Phi) is 5.11. The normalized spacial score (nSPS) is 12.2. The predicted octanol–water partition coefficient (Wildman–Crippen LogP) is 2.96. The van der Waals surface area contributed by atoms with Gasteiger partial charge in [-0.05, 0) is 36.8 Å². The number of amides is 1. The van der Waals surface area contributed by atoms with Crippen LogP contribution in [0.2, 0.25) is 0 Å². The van der Waals surface area contributed by atoms with Gasteiger partial charge in [0.05, 0.1) is 29.7 Å². The highest BCUT2D eigenvalue weighted by atomic mass is 19.3. The number of rotatable bonds is 6. The van der Waals surface area contributed by atoms with Crippen molar-refractivity contribution in [2.45, 2.75) is 19.6 Å². The molecule has 3 rings (SSSR count). The van der Waals surface area contributed by atoms with E-state index in [0.717, 1.165) is 5.56 Å². The zero-order valence-electron chi connectivity index (χ0n) is 14.5. The van der Waals surface area contributed by atoms with E-state index in [1.807, 2.05) is 0 Å². The van der Waals surface area contributed by atoms with Crippen molar-refractivity contribution in [3.05, 3.63) is 58.0 Å². The molecule has 3 aromatic rings. The quantitative estimate of drug-likeness (QED) is 0.615. The minimum absolute atomic E-state index is 0.0296. The molecule has 2 aromatic carbocycles. The number of aromatic nitrogens is 2. The molecule has 1 unspecified atom stereocenters. The molecule has 0 aliphatic heterocycles. The third-order valence-electron chi connectivity index (χ3n) is 4.04. The average molecular weight is 377 g/mol. The lowest BCUT2D eigenvalue weighted by Gasteiger charge is -2.17. The van der Waals surface area contributed by atoms with Crippen molar-refractivity contribution in [3.63, 3.8) is 0 Å². The molecule has 142 valence electrons. The molecule has 7 nitrogen and oxygen atoms in total. The van der Waals surface area contributed by atoms with Crippen LogP contribution in [-0.4, -0.2) is 29.6 Å². The number of H-pyrrole nitrogens is 2. The second-order valence-corrected chi connectivity index (χ2v) is 5.79. The van der Waals surface area contributed by atoms with E-state index in [0.29, 0.717) is 11.0 Å². The van der Waals surface area contributed by atoms with Gasteiger partial charge in [-0.25, -0.2) is 4.79 Å². The van der Waals surface area contributed by atoms with Gasteiger partial charge in [-0.15, -0.1) is 0 Å². The number of ether oxygens (including phenoxy) is 2. The van der Waals surface area contributed by atoms with Crippen LogP contribution < -0.4 is 20.5 Å². The Bertz CT molecular complexity index is 1030. The summed E-state index contributed by atoms with van der Waals surface area (Å²) in [6.07, 6.45) is 0. The van der Waals surface area contributed by atoms with Crippen LogP contribution in [0.3, 0.4) is 0 Å². The number of aromatic amines is 2. The number of fused-ring (bicyclic) bond motifs is 1. The number of alkyl halides is 2. The second kappa shape index (κ2) is 7.48. The van der Waals surface area contributed by atoms with E-state index in [2.05, 4.69) is 20.0 Å². The summed E-state index contributed by atoms with van der Waals surface area (Å²) in [4.78, 5) is 29.2. The average Bonchev–Trinajstić information content (AvgIpc) is 3.00. The van der Waals surface area contributed by atoms with Gasteiger partial charge in [0.1, 0.15) is 0 Å². The number of imidazole rings is 1. The first kappa shape index (κ1) is 18.4. The number of para-hydroxylation sites is 1. The minimum Gasteiger partial charge on any atom is -0.493 e. The first-order valence-electron chi connectivity index (χ1n) is 8.03. The van der Waals surface area contributed by atoms with Gasteiger partial charge in [0.25, 0.3) is 5.91 Å².